The smallest absolute Gasteiger partial charge is 0.272 e. The second kappa shape index (κ2) is 7.85. The lowest BCUT2D eigenvalue weighted by atomic mass is 10.2. The van der Waals surface area contributed by atoms with Crippen molar-refractivity contribution in [3.63, 3.8) is 0 Å². The van der Waals surface area contributed by atoms with Crippen LogP contribution in [-0.2, 0) is 11.3 Å². The van der Waals surface area contributed by atoms with Crippen molar-refractivity contribution in [1.29, 1.82) is 0 Å². The number of ether oxygens (including phenoxy) is 1. The molecule has 0 aliphatic carbocycles. The van der Waals surface area contributed by atoms with Crippen LogP contribution >= 0.6 is 0 Å². The minimum Gasteiger partial charge on any atom is -0.463 e. The van der Waals surface area contributed by atoms with E-state index in [4.69, 9.17) is 9.15 Å². The van der Waals surface area contributed by atoms with E-state index in [2.05, 4.69) is 39.2 Å². The molecule has 0 bridgehead atoms. The van der Waals surface area contributed by atoms with Crippen LogP contribution in [0.3, 0.4) is 0 Å². The molecule has 1 fully saturated rings. The van der Waals surface area contributed by atoms with Crippen LogP contribution in [0.15, 0.2) is 47.2 Å². The predicted octanol–water partition coefficient (Wildman–Crippen LogP) is 2.61. The first-order valence-corrected chi connectivity index (χ1v) is 9.31. The summed E-state index contributed by atoms with van der Waals surface area (Å²) in [6.45, 7) is 6.16. The summed E-state index contributed by atoms with van der Waals surface area (Å²) in [4.78, 5) is 19.1. The number of amides is 1. The summed E-state index contributed by atoms with van der Waals surface area (Å²) in [5.41, 5.74) is 1.90. The topological polar surface area (TPSA) is 96.3 Å². The van der Waals surface area contributed by atoms with Gasteiger partial charge in [0.15, 0.2) is 11.5 Å². The number of furan rings is 1. The van der Waals surface area contributed by atoms with Crippen molar-refractivity contribution in [3.05, 3.63) is 54.0 Å². The van der Waals surface area contributed by atoms with Gasteiger partial charge in [0.2, 0.25) is 0 Å². The van der Waals surface area contributed by atoms with E-state index in [1.54, 1.807) is 30.7 Å². The number of hydrogen-bond acceptors (Lipinski definition) is 6. The van der Waals surface area contributed by atoms with Crippen molar-refractivity contribution in [3.8, 4) is 11.5 Å². The third-order valence-electron chi connectivity index (χ3n) is 4.60. The van der Waals surface area contributed by atoms with Crippen molar-refractivity contribution >= 4 is 11.7 Å². The SMILES string of the molecule is C[C@H]1CN(c2ccc(CNC(=O)c3cc(-c4ccco4)[nH]n3)cn2)C[C@H](C)O1. The maximum atomic E-state index is 12.3. The first-order chi connectivity index (χ1) is 13.6. The summed E-state index contributed by atoms with van der Waals surface area (Å²) in [6.07, 6.45) is 3.73. The van der Waals surface area contributed by atoms with E-state index >= 15 is 0 Å². The molecule has 0 radical (unpaired) electrons. The Morgan fingerprint density at radius 3 is 2.79 bits per heavy atom. The minimum atomic E-state index is -0.256. The Morgan fingerprint density at radius 1 is 1.29 bits per heavy atom. The fourth-order valence-electron chi connectivity index (χ4n) is 3.34. The average Bonchev–Trinajstić information content (AvgIpc) is 3.37. The summed E-state index contributed by atoms with van der Waals surface area (Å²) >= 11 is 0. The number of anilines is 1. The van der Waals surface area contributed by atoms with Crippen LogP contribution in [0, 0.1) is 0 Å². The number of carbonyl (C=O) groups is 1. The molecule has 8 nitrogen and oxygen atoms in total. The molecule has 4 rings (SSSR count). The largest absolute Gasteiger partial charge is 0.463 e. The van der Waals surface area contributed by atoms with Gasteiger partial charge in [-0.2, -0.15) is 5.10 Å². The van der Waals surface area contributed by atoms with Crippen LogP contribution < -0.4 is 10.2 Å². The number of morpholine rings is 1. The Kier molecular flexibility index (Phi) is 5.12. The molecule has 3 aromatic rings. The number of aromatic nitrogens is 3. The molecule has 4 heterocycles. The van der Waals surface area contributed by atoms with Gasteiger partial charge in [0.1, 0.15) is 11.5 Å². The number of rotatable bonds is 5. The first-order valence-electron chi connectivity index (χ1n) is 9.31. The molecule has 0 unspecified atom stereocenters. The van der Waals surface area contributed by atoms with Gasteiger partial charge in [-0.05, 0) is 37.6 Å². The number of carbonyl (C=O) groups excluding carboxylic acids is 1. The number of nitrogens with zero attached hydrogens (tertiary/aromatic N) is 3. The van der Waals surface area contributed by atoms with Gasteiger partial charge in [-0.15, -0.1) is 0 Å². The Labute approximate surface area is 162 Å². The van der Waals surface area contributed by atoms with Crippen LogP contribution in [0.25, 0.3) is 11.5 Å². The fourth-order valence-corrected chi connectivity index (χ4v) is 3.34. The van der Waals surface area contributed by atoms with Crippen molar-refractivity contribution in [2.45, 2.75) is 32.6 Å². The molecule has 0 aromatic carbocycles. The molecule has 1 aliphatic rings. The Balaban J connectivity index is 1.34. The molecule has 2 atom stereocenters. The predicted molar refractivity (Wildman–Crippen MR) is 104 cm³/mol. The molecule has 8 heteroatoms. The summed E-state index contributed by atoms with van der Waals surface area (Å²) in [5.74, 6) is 1.31. The lowest BCUT2D eigenvalue weighted by Gasteiger charge is -2.36. The van der Waals surface area contributed by atoms with Crippen LogP contribution in [-0.4, -0.2) is 46.4 Å². The van der Waals surface area contributed by atoms with Crippen LogP contribution in [0.2, 0.25) is 0 Å². The van der Waals surface area contributed by atoms with Gasteiger partial charge in [-0.25, -0.2) is 4.98 Å². The van der Waals surface area contributed by atoms with Gasteiger partial charge in [-0.1, -0.05) is 6.07 Å². The van der Waals surface area contributed by atoms with Crippen LogP contribution in [0.4, 0.5) is 5.82 Å². The fraction of sp³-hybridized carbons (Fsp3) is 0.350. The van der Waals surface area contributed by atoms with Crippen molar-refractivity contribution in [2.24, 2.45) is 0 Å². The number of hydrogen-bond donors (Lipinski definition) is 2. The third kappa shape index (κ3) is 4.07. The highest BCUT2D eigenvalue weighted by atomic mass is 16.5. The lowest BCUT2D eigenvalue weighted by molar-refractivity contribution is -0.00546. The van der Waals surface area contributed by atoms with Gasteiger partial charge in [0.25, 0.3) is 5.91 Å². The molecule has 146 valence electrons. The quantitative estimate of drug-likeness (QED) is 0.705. The molecule has 3 aromatic heterocycles. The lowest BCUT2D eigenvalue weighted by Crippen LogP contribution is -2.45. The summed E-state index contributed by atoms with van der Waals surface area (Å²) in [7, 11) is 0. The third-order valence-corrected chi connectivity index (χ3v) is 4.60. The Bertz CT molecular complexity index is 910. The molecule has 2 N–H and O–H groups in total. The van der Waals surface area contributed by atoms with Crippen molar-refractivity contribution in [1.82, 2.24) is 20.5 Å². The molecule has 0 spiro atoms. The highest BCUT2D eigenvalue weighted by Gasteiger charge is 2.23. The molecular weight excluding hydrogens is 358 g/mol. The van der Waals surface area contributed by atoms with E-state index in [1.165, 1.54) is 0 Å². The Morgan fingerprint density at radius 2 is 2.11 bits per heavy atom. The second-order valence-corrected chi connectivity index (χ2v) is 7.01. The van der Waals surface area contributed by atoms with Crippen molar-refractivity contribution in [2.75, 3.05) is 18.0 Å². The van der Waals surface area contributed by atoms with Gasteiger partial charge in [0.05, 0.1) is 18.5 Å². The van der Waals surface area contributed by atoms with Gasteiger partial charge in [0, 0.05) is 31.9 Å². The summed E-state index contributed by atoms with van der Waals surface area (Å²) in [5, 5.41) is 9.71. The van der Waals surface area contributed by atoms with Crippen LogP contribution in [0.1, 0.15) is 29.9 Å². The van der Waals surface area contributed by atoms with Crippen LogP contribution in [0.5, 0.6) is 0 Å². The van der Waals surface area contributed by atoms with Crippen molar-refractivity contribution < 1.29 is 13.9 Å². The van der Waals surface area contributed by atoms with Gasteiger partial charge in [-0.3, -0.25) is 9.89 Å². The molecule has 0 saturated carbocycles. The van der Waals surface area contributed by atoms with E-state index in [0.29, 0.717) is 23.7 Å². The standard InChI is InChI=1S/C20H23N5O3/c1-13-11-25(12-14(2)28-13)19-6-5-15(9-21-19)10-22-20(26)17-8-16(23-24-17)18-4-3-7-27-18/h3-9,13-14H,10-12H2,1-2H3,(H,22,26)(H,23,24)/t13-,14-/m0/s1. The zero-order valence-electron chi connectivity index (χ0n) is 15.9. The normalized spacial score (nSPS) is 19.6. The summed E-state index contributed by atoms with van der Waals surface area (Å²) < 4.78 is 11.1. The first kappa shape index (κ1) is 18.2. The van der Waals surface area contributed by atoms with E-state index in [1.807, 2.05) is 12.1 Å². The maximum Gasteiger partial charge on any atom is 0.272 e. The zero-order valence-corrected chi connectivity index (χ0v) is 15.9. The van der Waals surface area contributed by atoms with E-state index < -0.39 is 0 Å². The second-order valence-electron chi connectivity index (χ2n) is 7.01. The number of pyridine rings is 1. The Hall–Kier alpha value is -3.13. The average molecular weight is 381 g/mol. The van der Waals surface area contributed by atoms with E-state index in [-0.39, 0.29) is 18.1 Å². The number of nitrogens with one attached hydrogen (secondary N) is 2. The van der Waals surface area contributed by atoms with E-state index in [9.17, 15) is 4.79 Å². The molecular formula is C20H23N5O3. The highest BCUT2D eigenvalue weighted by Crippen LogP contribution is 2.19. The molecule has 1 saturated heterocycles. The molecule has 28 heavy (non-hydrogen) atoms. The maximum absolute atomic E-state index is 12.3. The molecule has 1 amide bonds. The van der Waals surface area contributed by atoms with Gasteiger partial charge < -0.3 is 19.4 Å². The van der Waals surface area contributed by atoms with E-state index in [0.717, 1.165) is 24.5 Å². The number of aromatic amines is 1. The molecule has 1 aliphatic heterocycles. The monoisotopic (exact) mass is 381 g/mol. The summed E-state index contributed by atoms with van der Waals surface area (Å²) in [6, 6.07) is 9.21. The van der Waals surface area contributed by atoms with Gasteiger partial charge >= 0.3 is 0 Å². The minimum absolute atomic E-state index is 0.185. The zero-order chi connectivity index (χ0) is 19.5. The highest BCUT2D eigenvalue weighted by molar-refractivity contribution is 5.93. The number of H-pyrrole nitrogens is 1.